The Labute approximate surface area is 134 Å². The number of halogens is 2. The van der Waals surface area contributed by atoms with Gasteiger partial charge in [0.1, 0.15) is 0 Å². The Bertz CT molecular complexity index is 402. The molecule has 0 unspecified atom stereocenters. The average Bonchev–Trinajstić information content (AvgIpc) is 2.53. The molecule has 8 heteroatoms. The minimum Gasteiger partial charge on any atom is -0.432 e. The zero-order chi connectivity index (χ0) is 16.4. The standard InChI is InChI=1S/C12H17F2N3O2S.C2H6/c1-18-20-10-4-2-8(3-5-10)17-12-15-6-9(7-16-12)19-11(13)14;1-2/h6-8,10-11H,2-5H2,1H3,(H,15,16,17);1-2H3. The molecule has 0 bridgehead atoms. The molecule has 0 radical (unpaired) electrons. The van der Waals surface area contributed by atoms with Crippen molar-refractivity contribution in [2.45, 2.75) is 57.4 Å². The van der Waals surface area contributed by atoms with Crippen molar-refractivity contribution in [1.82, 2.24) is 9.97 Å². The predicted molar refractivity (Wildman–Crippen MR) is 84.3 cm³/mol. The summed E-state index contributed by atoms with van der Waals surface area (Å²) in [6.45, 7) is 1.14. The van der Waals surface area contributed by atoms with Crippen molar-refractivity contribution in [3.05, 3.63) is 12.4 Å². The minimum atomic E-state index is -2.86. The first-order chi connectivity index (χ1) is 10.7. The van der Waals surface area contributed by atoms with Crippen LogP contribution in [0.1, 0.15) is 39.5 Å². The molecule has 1 fully saturated rings. The van der Waals surface area contributed by atoms with Gasteiger partial charge >= 0.3 is 6.61 Å². The van der Waals surface area contributed by atoms with Crippen LogP contribution < -0.4 is 10.1 Å². The van der Waals surface area contributed by atoms with Crippen LogP contribution in [0.4, 0.5) is 14.7 Å². The quantitative estimate of drug-likeness (QED) is 0.789. The van der Waals surface area contributed by atoms with E-state index in [1.807, 2.05) is 13.8 Å². The molecule has 1 aromatic rings. The third kappa shape index (κ3) is 6.74. The summed E-state index contributed by atoms with van der Waals surface area (Å²) in [7, 11) is 1.69. The Kier molecular flexibility index (Phi) is 9.07. The predicted octanol–water partition coefficient (Wildman–Crippen LogP) is 4.12. The molecule has 22 heavy (non-hydrogen) atoms. The van der Waals surface area contributed by atoms with E-state index in [2.05, 4.69) is 20.0 Å². The van der Waals surface area contributed by atoms with Crippen molar-refractivity contribution in [2.24, 2.45) is 0 Å². The first-order valence-corrected chi connectivity index (χ1v) is 8.20. The fraction of sp³-hybridized carbons (Fsp3) is 0.714. The average molecular weight is 335 g/mol. The Morgan fingerprint density at radius 3 is 2.27 bits per heavy atom. The van der Waals surface area contributed by atoms with Gasteiger partial charge in [-0.1, -0.05) is 13.8 Å². The van der Waals surface area contributed by atoms with Crippen molar-refractivity contribution in [3.63, 3.8) is 0 Å². The number of hydrogen-bond donors (Lipinski definition) is 1. The van der Waals surface area contributed by atoms with Gasteiger partial charge in [-0.3, -0.25) is 0 Å². The van der Waals surface area contributed by atoms with Gasteiger partial charge in [0.25, 0.3) is 0 Å². The summed E-state index contributed by atoms with van der Waals surface area (Å²) >= 11 is 1.52. The maximum absolute atomic E-state index is 12.0. The molecule has 0 saturated heterocycles. The number of anilines is 1. The van der Waals surface area contributed by atoms with Crippen LogP contribution in [0.25, 0.3) is 0 Å². The Morgan fingerprint density at radius 1 is 1.18 bits per heavy atom. The van der Waals surface area contributed by atoms with Crippen molar-refractivity contribution in [1.29, 1.82) is 0 Å². The number of rotatable bonds is 6. The first kappa shape index (κ1) is 18.9. The molecule has 0 atom stereocenters. The van der Waals surface area contributed by atoms with Crippen LogP contribution in [0, 0.1) is 0 Å². The first-order valence-electron chi connectivity index (χ1n) is 7.40. The zero-order valence-electron chi connectivity index (χ0n) is 13.1. The van der Waals surface area contributed by atoms with Crippen molar-refractivity contribution < 1.29 is 17.7 Å². The van der Waals surface area contributed by atoms with Crippen LogP contribution in [-0.2, 0) is 4.18 Å². The summed E-state index contributed by atoms with van der Waals surface area (Å²) in [4.78, 5) is 7.94. The lowest BCUT2D eigenvalue weighted by atomic mass is 9.95. The highest BCUT2D eigenvalue weighted by Gasteiger charge is 2.22. The summed E-state index contributed by atoms with van der Waals surface area (Å²) in [6, 6.07) is 0.311. The Hall–Kier alpha value is -1.15. The van der Waals surface area contributed by atoms with Crippen LogP contribution in [0.15, 0.2) is 12.4 Å². The van der Waals surface area contributed by atoms with E-state index in [-0.39, 0.29) is 5.75 Å². The molecular formula is C14H23F2N3O2S. The number of ether oxygens (including phenoxy) is 1. The van der Waals surface area contributed by atoms with E-state index in [1.165, 1.54) is 24.4 Å². The smallest absolute Gasteiger partial charge is 0.387 e. The molecule has 1 N–H and O–H groups in total. The number of nitrogens with one attached hydrogen (secondary N) is 1. The highest BCUT2D eigenvalue weighted by molar-refractivity contribution is 7.95. The highest BCUT2D eigenvalue weighted by atomic mass is 32.2. The van der Waals surface area contributed by atoms with Crippen molar-refractivity contribution in [3.8, 4) is 5.75 Å². The van der Waals surface area contributed by atoms with Crippen molar-refractivity contribution >= 4 is 18.0 Å². The maximum Gasteiger partial charge on any atom is 0.387 e. The van der Waals surface area contributed by atoms with E-state index in [9.17, 15) is 8.78 Å². The normalized spacial score (nSPS) is 21.0. The Morgan fingerprint density at radius 2 is 1.77 bits per heavy atom. The molecule has 0 spiro atoms. The lowest BCUT2D eigenvalue weighted by Gasteiger charge is -2.27. The summed E-state index contributed by atoms with van der Waals surface area (Å²) in [5, 5.41) is 3.75. The van der Waals surface area contributed by atoms with Gasteiger partial charge in [-0.2, -0.15) is 8.78 Å². The van der Waals surface area contributed by atoms with Gasteiger partial charge in [-0.15, -0.1) is 0 Å². The summed E-state index contributed by atoms with van der Waals surface area (Å²) < 4.78 is 33.2. The molecule has 2 rings (SSSR count). The second-order valence-corrected chi connectivity index (χ2v) is 5.69. The molecule has 0 amide bonds. The van der Waals surface area contributed by atoms with Crippen LogP contribution in [0.3, 0.4) is 0 Å². The van der Waals surface area contributed by atoms with E-state index in [0.29, 0.717) is 17.2 Å². The third-order valence-corrected chi connectivity index (χ3v) is 4.03. The van der Waals surface area contributed by atoms with E-state index in [0.717, 1.165) is 25.7 Å². The van der Waals surface area contributed by atoms with E-state index < -0.39 is 6.61 Å². The second-order valence-electron chi connectivity index (χ2n) is 4.50. The van der Waals surface area contributed by atoms with Gasteiger partial charge in [-0.25, -0.2) is 9.97 Å². The zero-order valence-corrected chi connectivity index (χ0v) is 13.9. The molecule has 0 aliphatic heterocycles. The molecule has 126 valence electrons. The summed E-state index contributed by atoms with van der Waals surface area (Å²) in [5.41, 5.74) is 0. The van der Waals surface area contributed by atoms with Gasteiger partial charge < -0.3 is 14.2 Å². The van der Waals surface area contributed by atoms with Gasteiger partial charge in [0.05, 0.1) is 19.5 Å². The summed E-state index contributed by atoms with van der Waals surface area (Å²) in [5.74, 6) is 0.403. The van der Waals surface area contributed by atoms with E-state index in [1.54, 1.807) is 7.11 Å². The van der Waals surface area contributed by atoms with Crippen LogP contribution in [0.5, 0.6) is 5.75 Å². The van der Waals surface area contributed by atoms with Gasteiger partial charge in [0.15, 0.2) is 5.75 Å². The molecule has 1 saturated carbocycles. The van der Waals surface area contributed by atoms with Crippen LogP contribution in [-0.4, -0.2) is 35.0 Å². The number of alkyl halides is 2. The molecular weight excluding hydrogens is 312 g/mol. The second kappa shape index (κ2) is 10.6. The minimum absolute atomic E-state index is 0.0363. The number of nitrogens with zero attached hydrogens (tertiary/aromatic N) is 2. The van der Waals surface area contributed by atoms with Crippen molar-refractivity contribution in [2.75, 3.05) is 12.4 Å². The fourth-order valence-electron chi connectivity index (χ4n) is 2.18. The van der Waals surface area contributed by atoms with Crippen LogP contribution in [0.2, 0.25) is 0 Å². The van der Waals surface area contributed by atoms with E-state index in [4.69, 9.17) is 4.18 Å². The third-order valence-electron chi connectivity index (χ3n) is 3.09. The maximum atomic E-state index is 12.0. The van der Waals surface area contributed by atoms with Gasteiger partial charge in [0, 0.05) is 11.3 Å². The summed E-state index contributed by atoms with van der Waals surface area (Å²) in [6.07, 6.45) is 6.66. The molecule has 5 nitrogen and oxygen atoms in total. The van der Waals surface area contributed by atoms with Gasteiger partial charge in [-0.05, 0) is 37.7 Å². The lowest BCUT2D eigenvalue weighted by Crippen LogP contribution is -2.28. The monoisotopic (exact) mass is 335 g/mol. The molecule has 0 aromatic carbocycles. The number of aromatic nitrogens is 2. The fourth-order valence-corrected chi connectivity index (χ4v) is 2.91. The highest BCUT2D eigenvalue weighted by Crippen LogP contribution is 2.29. The molecule has 1 aliphatic carbocycles. The lowest BCUT2D eigenvalue weighted by molar-refractivity contribution is -0.0503. The topological polar surface area (TPSA) is 56.3 Å². The largest absolute Gasteiger partial charge is 0.432 e. The molecule has 1 heterocycles. The molecule has 1 aliphatic rings. The SMILES string of the molecule is CC.COSC1CCC(Nc2ncc(OC(F)F)cn2)CC1. The molecule has 1 aromatic heterocycles. The van der Waals surface area contributed by atoms with E-state index >= 15 is 0 Å². The van der Waals surface area contributed by atoms with Gasteiger partial charge in [0.2, 0.25) is 5.95 Å². The van der Waals surface area contributed by atoms with Crippen LogP contribution >= 0.6 is 12.0 Å². The number of hydrogen-bond acceptors (Lipinski definition) is 6. The Balaban J connectivity index is 0.00000116.